The third-order valence-corrected chi connectivity index (χ3v) is 4.91. The number of thioether (sulfide) groups is 1. The number of hydrogen-bond donors (Lipinski definition) is 1. The van der Waals surface area contributed by atoms with E-state index < -0.39 is 0 Å². The van der Waals surface area contributed by atoms with E-state index in [1.807, 2.05) is 0 Å². The van der Waals surface area contributed by atoms with Gasteiger partial charge >= 0.3 is 0 Å². The van der Waals surface area contributed by atoms with Crippen LogP contribution in [0, 0.1) is 0 Å². The molecule has 16 heavy (non-hydrogen) atoms. The van der Waals surface area contributed by atoms with Gasteiger partial charge in [-0.2, -0.15) is 11.8 Å². The summed E-state index contributed by atoms with van der Waals surface area (Å²) in [6.45, 7) is 3.13. The summed E-state index contributed by atoms with van der Waals surface area (Å²) in [5, 5.41) is 0. The van der Waals surface area contributed by atoms with E-state index in [1.165, 1.54) is 30.8 Å². The van der Waals surface area contributed by atoms with E-state index in [4.69, 9.17) is 5.73 Å². The molecular weight excluding hydrogens is 218 g/mol. The van der Waals surface area contributed by atoms with E-state index in [1.54, 1.807) is 0 Å². The van der Waals surface area contributed by atoms with E-state index in [9.17, 15) is 0 Å². The maximum atomic E-state index is 6.01. The molecule has 1 rings (SSSR count). The quantitative estimate of drug-likeness (QED) is 0.759. The Labute approximate surface area is 105 Å². The van der Waals surface area contributed by atoms with Gasteiger partial charge in [-0.1, -0.05) is 0 Å². The van der Waals surface area contributed by atoms with E-state index in [-0.39, 0.29) is 5.54 Å². The van der Waals surface area contributed by atoms with Crippen molar-refractivity contribution >= 4 is 11.8 Å². The standard InChI is InChI=1S/C12H27N3S/c1-14(2)7-5-8-15(3)12(10-13)6-4-9-16-11-12/h4-11,13H2,1-3H3. The van der Waals surface area contributed by atoms with E-state index in [0.717, 1.165) is 19.6 Å². The maximum absolute atomic E-state index is 6.01. The molecule has 0 bridgehead atoms. The second-order valence-corrected chi connectivity index (χ2v) is 6.27. The third kappa shape index (κ3) is 3.91. The van der Waals surface area contributed by atoms with Crippen LogP contribution in [0.15, 0.2) is 0 Å². The average molecular weight is 245 g/mol. The van der Waals surface area contributed by atoms with Crippen molar-refractivity contribution in [3.8, 4) is 0 Å². The van der Waals surface area contributed by atoms with Crippen LogP contribution in [-0.2, 0) is 0 Å². The van der Waals surface area contributed by atoms with Crippen LogP contribution in [0.4, 0.5) is 0 Å². The lowest BCUT2D eigenvalue weighted by Crippen LogP contribution is -2.55. The molecule has 1 aliphatic heterocycles. The fourth-order valence-corrected chi connectivity index (χ4v) is 3.67. The lowest BCUT2D eigenvalue weighted by atomic mass is 9.93. The molecule has 3 nitrogen and oxygen atoms in total. The van der Waals surface area contributed by atoms with E-state index in [0.29, 0.717) is 0 Å². The minimum absolute atomic E-state index is 0.273. The van der Waals surface area contributed by atoms with Crippen molar-refractivity contribution in [2.24, 2.45) is 5.73 Å². The van der Waals surface area contributed by atoms with Crippen LogP contribution in [0.25, 0.3) is 0 Å². The van der Waals surface area contributed by atoms with Crippen LogP contribution < -0.4 is 5.73 Å². The molecule has 1 unspecified atom stereocenters. The summed E-state index contributed by atoms with van der Waals surface area (Å²) in [5.41, 5.74) is 6.28. The number of nitrogens with zero attached hydrogens (tertiary/aromatic N) is 2. The van der Waals surface area contributed by atoms with Crippen molar-refractivity contribution < 1.29 is 0 Å². The monoisotopic (exact) mass is 245 g/mol. The highest BCUT2D eigenvalue weighted by atomic mass is 32.2. The van der Waals surface area contributed by atoms with Gasteiger partial charge in [0.15, 0.2) is 0 Å². The third-order valence-electron chi connectivity index (χ3n) is 3.59. The molecule has 4 heteroatoms. The molecule has 1 saturated heterocycles. The molecule has 1 aliphatic rings. The second kappa shape index (κ2) is 6.84. The molecule has 0 radical (unpaired) electrons. The fourth-order valence-electron chi connectivity index (χ4n) is 2.32. The van der Waals surface area contributed by atoms with Gasteiger partial charge in [0, 0.05) is 17.8 Å². The molecule has 2 N–H and O–H groups in total. The molecule has 0 aromatic carbocycles. The summed E-state index contributed by atoms with van der Waals surface area (Å²) in [6.07, 6.45) is 3.82. The van der Waals surface area contributed by atoms with Crippen LogP contribution in [0.3, 0.4) is 0 Å². The molecule has 1 heterocycles. The second-order valence-electron chi connectivity index (χ2n) is 5.16. The molecule has 96 valence electrons. The van der Waals surface area contributed by atoms with Gasteiger partial charge in [-0.05, 0) is 59.2 Å². The highest BCUT2D eigenvalue weighted by Gasteiger charge is 2.34. The van der Waals surface area contributed by atoms with Gasteiger partial charge in [-0.25, -0.2) is 0 Å². The zero-order valence-electron chi connectivity index (χ0n) is 11.0. The Morgan fingerprint density at radius 3 is 2.50 bits per heavy atom. The van der Waals surface area contributed by atoms with Crippen molar-refractivity contribution in [1.82, 2.24) is 9.80 Å². The molecular formula is C12H27N3S. The predicted octanol–water partition coefficient (Wildman–Crippen LogP) is 1.09. The Hall–Kier alpha value is 0.230. The van der Waals surface area contributed by atoms with Gasteiger partial charge in [0.25, 0.3) is 0 Å². The minimum Gasteiger partial charge on any atom is -0.329 e. The molecule has 0 amide bonds. The molecule has 0 aromatic heterocycles. The highest BCUT2D eigenvalue weighted by Crippen LogP contribution is 2.30. The highest BCUT2D eigenvalue weighted by molar-refractivity contribution is 7.99. The Kier molecular flexibility index (Phi) is 6.11. The van der Waals surface area contributed by atoms with Gasteiger partial charge in [-0.3, -0.25) is 4.90 Å². The van der Waals surface area contributed by atoms with Gasteiger partial charge in [-0.15, -0.1) is 0 Å². The van der Waals surface area contributed by atoms with E-state index >= 15 is 0 Å². The van der Waals surface area contributed by atoms with Crippen molar-refractivity contribution in [1.29, 1.82) is 0 Å². The number of rotatable bonds is 6. The first-order valence-electron chi connectivity index (χ1n) is 6.24. The molecule has 0 aromatic rings. The summed E-state index contributed by atoms with van der Waals surface area (Å²) in [4.78, 5) is 4.75. The molecule has 1 fully saturated rings. The number of likely N-dealkylation sites (N-methyl/N-ethyl adjacent to an activating group) is 1. The van der Waals surface area contributed by atoms with Gasteiger partial charge < -0.3 is 10.6 Å². The van der Waals surface area contributed by atoms with Gasteiger partial charge in [0.05, 0.1) is 0 Å². The normalized spacial score (nSPS) is 26.6. The van der Waals surface area contributed by atoms with Gasteiger partial charge in [0.1, 0.15) is 0 Å². The fraction of sp³-hybridized carbons (Fsp3) is 1.00. The summed E-state index contributed by atoms with van der Waals surface area (Å²) in [5.74, 6) is 2.52. The number of hydrogen-bond acceptors (Lipinski definition) is 4. The largest absolute Gasteiger partial charge is 0.329 e. The van der Waals surface area contributed by atoms with Crippen molar-refractivity contribution in [3.05, 3.63) is 0 Å². The zero-order chi connectivity index (χ0) is 12.0. The predicted molar refractivity (Wildman–Crippen MR) is 74.1 cm³/mol. The first-order chi connectivity index (χ1) is 7.60. The minimum atomic E-state index is 0.273. The Morgan fingerprint density at radius 1 is 1.25 bits per heavy atom. The molecule has 1 atom stereocenters. The van der Waals surface area contributed by atoms with E-state index in [2.05, 4.69) is 42.7 Å². The van der Waals surface area contributed by atoms with Gasteiger partial charge in [0.2, 0.25) is 0 Å². The first kappa shape index (κ1) is 14.3. The lowest BCUT2D eigenvalue weighted by Gasteiger charge is -2.43. The smallest absolute Gasteiger partial charge is 0.0419 e. The van der Waals surface area contributed by atoms with Crippen LogP contribution >= 0.6 is 11.8 Å². The van der Waals surface area contributed by atoms with Crippen LogP contribution in [0.2, 0.25) is 0 Å². The topological polar surface area (TPSA) is 32.5 Å². The van der Waals surface area contributed by atoms with Crippen LogP contribution in [-0.4, -0.2) is 67.6 Å². The first-order valence-corrected chi connectivity index (χ1v) is 7.40. The Balaban J connectivity index is 2.39. The Bertz CT molecular complexity index is 191. The summed E-state index contributed by atoms with van der Waals surface area (Å²) >= 11 is 2.06. The summed E-state index contributed by atoms with van der Waals surface area (Å²) in [7, 11) is 6.51. The van der Waals surface area contributed by atoms with Crippen molar-refractivity contribution in [2.75, 3.05) is 52.3 Å². The molecule has 0 aliphatic carbocycles. The average Bonchev–Trinajstić information content (AvgIpc) is 2.29. The van der Waals surface area contributed by atoms with Crippen LogP contribution in [0.1, 0.15) is 19.3 Å². The molecule has 0 saturated carbocycles. The summed E-state index contributed by atoms with van der Waals surface area (Å²) < 4.78 is 0. The Morgan fingerprint density at radius 2 is 2.00 bits per heavy atom. The number of nitrogens with two attached hydrogens (primary N) is 1. The van der Waals surface area contributed by atoms with Crippen LogP contribution in [0.5, 0.6) is 0 Å². The SMILES string of the molecule is CN(C)CCCN(C)C1(CN)CCCSC1. The summed E-state index contributed by atoms with van der Waals surface area (Å²) in [6, 6.07) is 0. The van der Waals surface area contributed by atoms with Crippen molar-refractivity contribution in [3.63, 3.8) is 0 Å². The zero-order valence-corrected chi connectivity index (χ0v) is 11.9. The molecule has 0 spiro atoms. The van der Waals surface area contributed by atoms with Crippen molar-refractivity contribution in [2.45, 2.75) is 24.8 Å². The maximum Gasteiger partial charge on any atom is 0.0419 e. The lowest BCUT2D eigenvalue weighted by molar-refractivity contribution is 0.130.